The highest BCUT2D eigenvalue weighted by Gasteiger charge is 2.19. The van der Waals surface area contributed by atoms with E-state index in [1.165, 1.54) is 0 Å². The number of hydrogen-bond acceptors (Lipinski definition) is 3. The Bertz CT molecular complexity index is 730. The smallest absolute Gasteiger partial charge is 0.258 e. The van der Waals surface area contributed by atoms with Crippen molar-refractivity contribution in [1.29, 1.82) is 0 Å². The maximum Gasteiger partial charge on any atom is 0.258 e. The van der Waals surface area contributed by atoms with E-state index in [4.69, 9.17) is 0 Å². The monoisotopic (exact) mass is 285 g/mol. The summed E-state index contributed by atoms with van der Waals surface area (Å²) in [6.07, 6.45) is 3.17. The van der Waals surface area contributed by atoms with Crippen LogP contribution in [0.5, 0.6) is 0 Å². The van der Waals surface area contributed by atoms with Gasteiger partial charge in [-0.1, -0.05) is 13.0 Å². The number of nitrogens with one attached hydrogen (secondary N) is 1. The number of likely N-dealkylation sites (tertiary alicyclic amines) is 1. The lowest BCUT2D eigenvalue weighted by Crippen LogP contribution is -2.30. The molecular weight excluding hydrogens is 266 g/mol. The van der Waals surface area contributed by atoms with Crippen LogP contribution in [0.15, 0.2) is 23.0 Å². The van der Waals surface area contributed by atoms with Crippen molar-refractivity contribution in [2.75, 3.05) is 13.1 Å². The predicted molar refractivity (Wildman–Crippen MR) is 81.3 cm³/mol. The SMILES string of the molecule is CCc1ccc2nc(CC(=O)N3CCCC3)[nH]c(=O)c2c1. The minimum atomic E-state index is -0.167. The molecule has 0 saturated carbocycles. The molecule has 0 radical (unpaired) electrons. The van der Waals surface area contributed by atoms with Gasteiger partial charge in [-0.25, -0.2) is 4.98 Å². The number of carbonyl (C=O) groups excluding carboxylic acids is 1. The van der Waals surface area contributed by atoms with Gasteiger partial charge in [-0.05, 0) is 37.0 Å². The van der Waals surface area contributed by atoms with Crippen LogP contribution in [0.25, 0.3) is 10.9 Å². The Kier molecular flexibility index (Phi) is 3.73. The summed E-state index contributed by atoms with van der Waals surface area (Å²) in [6, 6.07) is 5.70. The van der Waals surface area contributed by atoms with Gasteiger partial charge >= 0.3 is 0 Å². The first-order valence-corrected chi connectivity index (χ1v) is 7.47. The van der Waals surface area contributed by atoms with Gasteiger partial charge in [-0.2, -0.15) is 0 Å². The number of carbonyl (C=O) groups is 1. The molecule has 110 valence electrons. The van der Waals surface area contributed by atoms with Crippen LogP contribution in [-0.4, -0.2) is 33.9 Å². The Labute approximate surface area is 123 Å². The number of aromatic amines is 1. The molecule has 1 aromatic carbocycles. The van der Waals surface area contributed by atoms with Crippen molar-refractivity contribution in [1.82, 2.24) is 14.9 Å². The van der Waals surface area contributed by atoms with E-state index in [0.717, 1.165) is 37.9 Å². The Morgan fingerprint density at radius 1 is 1.33 bits per heavy atom. The molecule has 0 unspecified atom stereocenters. The van der Waals surface area contributed by atoms with E-state index in [9.17, 15) is 9.59 Å². The van der Waals surface area contributed by atoms with Gasteiger partial charge in [-0.3, -0.25) is 9.59 Å². The van der Waals surface area contributed by atoms with E-state index in [1.54, 1.807) is 0 Å². The molecule has 2 aromatic rings. The first-order chi connectivity index (χ1) is 10.2. The van der Waals surface area contributed by atoms with Crippen LogP contribution in [0.4, 0.5) is 0 Å². The van der Waals surface area contributed by atoms with Crippen LogP contribution in [0.2, 0.25) is 0 Å². The van der Waals surface area contributed by atoms with Crippen LogP contribution in [0, 0.1) is 0 Å². The number of hydrogen-bond donors (Lipinski definition) is 1. The van der Waals surface area contributed by atoms with Crippen LogP contribution in [-0.2, 0) is 17.6 Å². The number of aromatic nitrogens is 2. The largest absolute Gasteiger partial charge is 0.342 e. The molecule has 2 heterocycles. The number of rotatable bonds is 3. The zero-order chi connectivity index (χ0) is 14.8. The minimum Gasteiger partial charge on any atom is -0.342 e. The fourth-order valence-corrected chi connectivity index (χ4v) is 2.76. The second-order valence-corrected chi connectivity index (χ2v) is 5.48. The van der Waals surface area contributed by atoms with Gasteiger partial charge in [0.2, 0.25) is 5.91 Å². The lowest BCUT2D eigenvalue weighted by molar-refractivity contribution is -0.129. The fourth-order valence-electron chi connectivity index (χ4n) is 2.76. The number of H-pyrrole nitrogens is 1. The summed E-state index contributed by atoms with van der Waals surface area (Å²) in [6.45, 7) is 3.68. The summed E-state index contributed by atoms with van der Waals surface area (Å²) in [5.41, 5.74) is 1.59. The summed E-state index contributed by atoms with van der Waals surface area (Å²) >= 11 is 0. The molecule has 1 N–H and O–H groups in total. The van der Waals surface area contributed by atoms with E-state index in [0.29, 0.717) is 16.7 Å². The molecule has 1 amide bonds. The first kappa shape index (κ1) is 13.8. The van der Waals surface area contributed by atoms with E-state index in [1.807, 2.05) is 30.0 Å². The van der Waals surface area contributed by atoms with Crippen molar-refractivity contribution < 1.29 is 4.79 Å². The number of fused-ring (bicyclic) bond motifs is 1. The molecule has 0 aliphatic carbocycles. The van der Waals surface area contributed by atoms with Crippen molar-refractivity contribution in [2.45, 2.75) is 32.6 Å². The third kappa shape index (κ3) is 2.82. The van der Waals surface area contributed by atoms with Gasteiger partial charge < -0.3 is 9.88 Å². The maximum atomic E-state index is 12.1. The van der Waals surface area contributed by atoms with Crippen molar-refractivity contribution in [3.63, 3.8) is 0 Å². The molecule has 1 aliphatic rings. The molecule has 5 heteroatoms. The quantitative estimate of drug-likeness (QED) is 0.932. The van der Waals surface area contributed by atoms with Gasteiger partial charge in [0.15, 0.2) is 0 Å². The first-order valence-electron chi connectivity index (χ1n) is 7.47. The van der Waals surface area contributed by atoms with E-state index in [2.05, 4.69) is 9.97 Å². The van der Waals surface area contributed by atoms with Crippen LogP contribution in [0.3, 0.4) is 0 Å². The van der Waals surface area contributed by atoms with E-state index >= 15 is 0 Å². The highest BCUT2D eigenvalue weighted by Crippen LogP contribution is 2.12. The molecular formula is C16H19N3O2. The van der Waals surface area contributed by atoms with E-state index in [-0.39, 0.29) is 17.9 Å². The summed E-state index contributed by atoms with van der Waals surface area (Å²) in [4.78, 5) is 33.3. The van der Waals surface area contributed by atoms with Gasteiger partial charge in [0.25, 0.3) is 5.56 Å². The zero-order valence-electron chi connectivity index (χ0n) is 12.2. The summed E-state index contributed by atoms with van der Waals surface area (Å²) < 4.78 is 0. The van der Waals surface area contributed by atoms with Crippen molar-refractivity contribution >= 4 is 16.8 Å². The van der Waals surface area contributed by atoms with Gasteiger partial charge in [0.1, 0.15) is 5.82 Å². The summed E-state index contributed by atoms with van der Waals surface area (Å²) in [5, 5.41) is 0.590. The average molecular weight is 285 g/mol. The van der Waals surface area contributed by atoms with Gasteiger partial charge in [0.05, 0.1) is 17.3 Å². The highest BCUT2D eigenvalue weighted by molar-refractivity contribution is 5.81. The standard InChI is InChI=1S/C16H19N3O2/c1-2-11-5-6-13-12(9-11)16(21)18-14(17-13)10-15(20)19-7-3-4-8-19/h5-6,9H,2-4,7-8,10H2,1H3,(H,17,18,21). The Morgan fingerprint density at radius 3 is 2.81 bits per heavy atom. The van der Waals surface area contributed by atoms with Crippen molar-refractivity contribution in [3.8, 4) is 0 Å². The molecule has 0 bridgehead atoms. The van der Waals surface area contributed by atoms with Gasteiger partial charge in [0, 0.05) is 13.1 Å². The molecule has 1 fully saturated rings. The lowest BCUT2D eigenvalue weighted by atomic mass is 10.1. The third-order valence-corrected chi connectivity index (χ3v) is 4.00. The third-order valence-electron chi connectivity index (χ3n) is 4.00. The van der Waals surface area contributed by atoms with Crippen LogP contribution in [0.1, 0.15) is 31.2 Å². The second kappa shape index (κ2) is 5.68. The number of aryl methyl sites for hydroxylation is 1. The van der Waals surface area contributed by atoms with E-state index < -0.39 is 0 Å². The molecule has 21 heavy (non-hydrogen) atoms. The van der Waals surface area contributed by atoms with Crippen molar-refractivity contribution in [3.05, 3.63) is 39.9 Å². The Hall–Kier alpha value is -2.17. The lowest BCUT2D eigenvalue weighted by Gasteiger charge is -2.14. The van der Waals surface area contributed by atoms with Gasteiger partial charge in [-0.15, -0.1) is 0 Å². The second-order valence-electron chi connectivity index (χ2n) is 5.48. The molecule has 1 aromatic heterocycles. The van der Waals surface area contributed by atoms with Crippen LogP contribution < -0.4 is 5.56 Å². The molecule has 1 saturated heterocycles. The maximum absolute atomic E-state index is 12.1. The number of amides is 1. The summed E-state index contributed by atoms with van der Waals surface area (Å²) in [5.74, 6) is 0.494. The zero-order valence-corrected chi connectivity index (χ0v) is 12.2. The van der Waals surface area contributed by atoms with Crippen molar-refractivity contribution in [2.24, 2.45) is 0 Å². The minimum absolute atomic E-state index is 0.0418. The molecule has 1 aliphatic heterocycles. The highest BCUT2D eigenvalue weighted by atomic mass is 16.2. The summed E-state index contributed by atoms with van der Waals surface area (Å²) in [7, 11) is 0. The van der Waals surface area contributed by atoms with Crippen LogP contribution >= 0.6 is 0 Å². The number of benzene rings is 1. The Balaban J connectivity index is 1.90. The predicted octanol–water partition coefficient (Wildman–Crippen LogP) is 1.65. The normalized spacial score (nSPS) is 14.8. The molecule has 5 nitrogen and oxygen atoms in total. The topological polar surface area (TPSA) is 66.1 Å². The molecule has 3 rings (SSSR count). The number of nitrogens with zero attached hydrogens (tertiary/aromatic N) is 2. The fraction of sp³-hybridized carbons (Fsp3) is 0.438. The average Bonchev–Trinajstić information content (AvgIpc) is 3.01. The molecule has 0 spiro atoms. The molecule has 0 atom stereocenters. The Morgan fingerprint density at radius 2 is 2.10 bits per heavy atom.